The summed E-state index contributed by atoms with van der Waals surface area (Å²) in [6.07, 6.45) is 10.3. The van der Waals surface area contributed by atoms with Gasteiger partial charge >= 0.3 is 0 Å². The van der Waals surface area contributed by atoms with E-state index in [0.717, 1.165) is 19.0 Å². The van der Waals surface area contributed by atoms with Gasteiger partial charge in [0, 0.05) is 12.1 Å². The van der Waals surface area contributed by atoms with Gasteiger partial charge in [-0.1, -0.05) is 26.2 Å². The van der Waals surface area contributed by atoms with E-state index in [0.29, 0.717) is 6.04 Å². The van der Waals surface area contributed by atoms with E-state index in [1.807, 2.05) is 0 Å². The van der Waals surface area contributed by atoms with Crippen LogP contribution in [0.5, 0.6) is 0 Å². The molecule has 0 spiro atoms. The monoisotopic (exact) mass is 211 g/mol. The van der Waals surface area contributed by atoms with Crippen molar-refractivity contribution in [1.82, 2.24) is 4.90 Å². The van der Waals surface area contributed by atoms with Crippen molar-refractivity contribution in [3.05, 3.63) is 0 Å². The quantitative estimate of drug-likeness (QED) is 0.775. The summed E-state index contributed by atoms with van der Waals surface area (Å²) in [7, 11) is 0. The molecule has 2 saturated carbocycles. The van der Waals surface area contributed by atoms with Crippen LogP contribution in [0.1, 0.15) is 58.3 Å². The molecule has 2 atom stereocenters. The van der Waals surface area contributed by atoms with E-state index >= 15 is 0 Å². The molecule has 0 saturated heterocycles. The predicted octanol–water partition coefficient (Wildman–Crippen LogP) is 2.55. The molecule has 2 aliphatic rings. The van der Waals surface area contributed by atoms with Gasteiger partial charge in [-0.15, -0.1) is 0 Å². The molecule has 0 amide bonds. The maximum Gasteiger partial charge on any atom is 0.0695 e. The van der Waals surface area contributed by atoms with Crippen LogP contribution in [0.3, 0.4) is 0 Å². The summed E-state index contributed by atoms with van der Waals surface area (Å²) in [4.78, 5) is 2.59. The van der Waals surface area contributed by atoms with Crippen LogP contribution in [0.2, 0.25) is 0 Å². The van der Waals surface area contributed by atoms with Crippen LogP contribution in [-0.4, -0.2) is 34.7 Å². The summed E-state index contributed by atoms with van der Waals surface area (Å²) in [6, 6.07) is 1.24. The third-order valence-corrected chi connectivity index (χ3v) is 4.28. The molecular formula is C13H25NO. The average molecular weight is 211 g/mol. The van der Waals surface area contributed by atoms with Gasteiger partial charge in [0.1, 0.15) is 0 Å². The third-order valence-electron chi connectivity index (χ3n) is 4.28. The highest BCUT2D eigenvalue weighted by Crippen LogP contribution is 2.30. The summed E-state index contributed by atoms with van der Waals surface area (Å²) >= 11 is 0. The van der Waals surface area contributed by atoms with E-state index in [4.69, 9.17) is 0 Å². The minimum Gasteiger partial charge on any atom is -0.391 e. The van der Waals surface area contributed by atoms with Crippen LogP contribution in [0.15, 0.2) is 0 Å². The number of aliphatic hydroxyl groups is 1. The zero-order valence-corrected chi connectivity index (χ0v) is 9.99. The second-order valence-corrected chi connectivity index (χ2v) is 5.19. The molecule has 0 aromatic rings. The Hall–Kier alpha value is -0.0800. The van der Waals surface area contributed by atoms with Crippen molar-refractivity contribution < 1.29 is 5.11 Å². The highest BCUT2D eigenvalue weighted by molar-refractivity contribution is 4.89. The van der Waals surface area contributed by atoms with Crippen molar-refractivity contribution in [1.29, 1.82) is 0 Å². The first-order valence-corrected chi connectivity index (χ1v) is 6.76. The van der Waals surface area contributed by atoms with Gasteiger partial charge in [-0.25, -0.2) is 0 Å². The number of nitrogens with zero attached hydrogens (tertiary/aromatic N) is 1. The van der Waals surface area contributed by atoms with Crippen LogP contribution >= 0.6 is 0 Å². The summed E-state index contributed by atoms with van der Waals surface area (Å²) in [5.41, 5.74) is 0. The lowest BCUT2D eigenvalue weighted by Gasteiger charge is -2.39. The number of aliphatic hydroxyl groups excluding tert-OH is 1. The molecule has 88 valence electrons. The molecule has 2 nitrogen and oxygen atoms in total. The number of hydrogen-bond donors (Lipinski definition) is 1. The molecule has 0 aromatic heterocycles. The van der Waals surface area contributed by atoms with Crippen molar-refractivity contribution in [3.63, 3.8) is 0 Å². The predicted molar refractivity (Wildman–Crippen MR) is 62.9 cm³/mol. The van der Waals surface area contributed by atoms with E-state index in [1.54, 1.807) is 0 Å². The van der Waals surface area contributed by atoms with Gasteiger partial charge in [-0.05, 0) is 38.6 Å². The Labute approximate surface area is 93.7 Å². The Balaban J connectivity index is 1.95. The Morgan fingerprint density at radius 1 is 1.00 bits per heavy atom. The van der Waals surface area contributed by atoms with E-state index in [1.165, 1.54) is 44.9 Å². The van der Waals surface area contributed by atoms with Crippen molar-refractivity contribution in [2.75, 3.05) is 6.54 Å². The first-order chi connectivity index (χ1) is 7.33. The molecule has 0 heterocycles. The maximum atomic E-state index is 9.98. The van der Waals surface area contributed by atoms with E-state index < -0.39 is 0 Å². The minimum absolute atomic E-state index is 0.0492. The van der Waals surface area contributed by atoms with Crippen LogP contribution in [0, 0.1) is 0 Å². The lowest BCUT2D eigenvalue weighted by molar-refractivity contribution is 0.0347. The van der Waals surface area contributed by atoms with Gasteiger partial charge in [-0.2, -0.15) is 0 Å². The van der Waals surface area contributed by atoms with Gasteiger partial charge in [0.2, 0.25) is 0 Å². The molecule has 0 aliphatic heterocycles. The Bertz CT molecular complexity index is 189. The molecule has 2 heteroatoms. The summed E-state index contributed by atoms with van der Waals surface area (Å²) in [5.74, 6) is 0. The first kappa shape index (κ1) is 11.4. The SMILES string of the molecule is CCN(C1CCCCC1)[C@@H]1CCC[C@H]1O. The van der Waals surface area contributed by atoms with Crippen LogP contribution in [0.25, 0.3) is 0 Å². The fourth-order valence-electron chi connectivity index (χ4n) is 3.48. The van der Waals surface area contributed by atoms with Crippen LogP contribution in [-0.2, 0) is 0 Å². The second-order valence-electron chi connectivity index (χ2n) is 5.19. The first-order valence-electron chi connectivity index (χ1n) is 6.76. The maximum absolute atomic E-state index is 9.98. The van der Waals surface area contributed by atoms with Crippen LogP contribution < -0.4 is 0 Å². The van der Waals surface area contributed by atoms with Gasteiger partial charge < -0.3 is 5.11 Å². The third kappa shape index (κ3) is 2.54. The minimum atomic E-state index is -0.0492. The molecule has 0 aromatic carbocycles. The zero-order valence-electron chi connectivity index (χ0n) is 9.99. The summed E-state index contributed by atoms with van der Waals surface area (Å²) in [6.45, 7) is 3.37. The molecule has 2 fully saturated rings. The van der Waals surface area contributed by atoms with E-state index in [-0.39, 0.29) is 6.10 Å². The fourth-order valence-corrected chi connectivity index (χ4v) is 3.48. The molecule has 0 bridgehead atoms. The Morgan fingerprint density at radius 3 is 2.27 bits per heavy atom. The zero-order chi connectivity index (χ0) is 10.7. The highest BCUT2D eigenvalue weighted by atomic mass is 16.3. The molecule has 2 rings (SSSR count). The lowest BCUT2D eigenvalue weighted by atomic mass is 9.92. The smallest absolute Gasteiger partial charge is 0.0695 e. The number of hydrogen-bond acceptors (Lipinski definition) is 2. The van der Waals surface area contributed by atoms with E-state index in [2.05, 4.69) is 11.8 Å². The standard InChI is InChI=1S/C13H25NO/c1-2-14(11-7-4-3-5-8-11)12-9-6-10-13(12)15/h11-13,15H,2-10H2,1H3/t12-,13-/m1/s1. The lowest BCUT2D eigenvalue weighted by Crippen LogP contribution is -2.47. The molecular weight excluding hydrogens is 186 g/mol. The number of likely N-dealkylation sites (N-methyl/N-ethyl adjacent to an activating group) is 1. The van der Waals surface area contributed by atoms with Crippen molar-refractivity contribution >= 4 is 0 Å². The molecule has 0 unspecified atom stereocenters. The second kappa shape index (κ2) is 5.31. The van der Waals surface area contributed by atoms with E-state index in [9.17, 15) is 5.11 Å². The topological polar surface area (TPSA) is 23.5 Å². The number of rotatable bonds is 3. The van der Waals surface area contributed by atoms with Crippen molar-refractivity contribution in [2.24, 2.45) is 0 Å². The summed E-state index contributed by atoms with van der Waals surface area (Å²) in [5, 5.41) is 9.98. The van der Waals surface area contributed by atoms with Gasteiger partial charge in [0.15, 0.2) is 0 Å². The molecule has 2 aliphatic carbocycles. The van der Waals surface area contributed by atoms with Gasteiger partial charge in [0.05, 0.1) is 6.10 Å². The molecule has 15 heavy (non-hydrogen) atoms. The molecule has 0 radical (unpaired) electrons. The fraction of sp³-hybridized carbons (Fsp3) is 1.00. The Morgan fingerprint density at radius 2 is 1.73 bits per heavy atom. The summed E-state index contributed by atoms with van der Waals surface area (Å²) < 4.78 is 0. The van der Waals surface area contributed by atoms with Crippen molar-refractivity contribution in [3.8, 4) is 0 Å². The molecule has 1 N–H and O–H groups in total. The normalized spacial score (nSPS) is 33.8. The highest BCUT2D eigenvalue weighted by Gasteiger charge is 2.33. The average Bonchev–Trinajstić information content (AvgIpc) is 2.68. The van der Waals surface area contributed by atoms with Gasteiger partial charge in [-0.3, -0.25) is 4.90 Å². The van der Waals surface area contributed by atoms with Crippen LogP contribution in [0.4, 0.5) is 0 Å². The largest absolute Gasteiger partial charge is 0.391 e. The Kier molecular flexibility index (Phi) is 4.04. The van der Waals surface area contributed by atoms with Crippen molar-refractivity contribution in [2.45, 2.75) is 76.5 Å². The van der Waals surface area contributed by atoms with Gasteiger partial charge in [0.25, 0.3) is 0 Å².